The molecule has 31 heavy (non-hydrogen) atoms. The first kappa shape index (κ1) is 21.6. The molecular formula is C24H24N4O3. The molecule has 0 spiro atoms. The molecule has 0 aliphatic heterocycles. The molecule has 158 valence electrons. The number of methoxy groups -OCH3 is 1. The van der Waals surface area contributed by atoms with E-state index in [2.05, 4.69) is 10.3 Å². The van der Waals surface area contributed by atoms with Crippen molar-refractivity contribution in [3.05, 3.63) is 90.1 Å². The van der Waals surface area contributed by atoms with Crippen LogP contribution in [0.1, 0.15) is 15.9 Å². The number of nitrogens with zero attached hydrogens (tertiary/aromatic N) is 1. The molecule has 0 unspecified atom stereocenters. The van der Waals surface area contributed by atoms with E-state index >= 15 is 0 Å². The van der Waals surface area contributed by atoms with Crippen molar-refractivity contribution >= 4 is 33.9 Å². The zero-order chi connectivity index (χ0) is 22.2. The molecule has 4 aromatic rings. The van der Waals surface area contributed by atoms with Crippen molar-refractivity contribution in [2.24, 2.45) is 0 Å². The van der Waals surface area contributed by atoms with Gasteiger partial charge in [-0.15, -0.1) is 0 Å². The predicted octanol–water partition coefficient (Wildman–Crippen LogP) is 4.19. The first-order chi connectivity index (χ1) is 15.0. The number of phenolic OH excluding ortho intramolecular Hbond substituents is 1. The molecule has 1 amide bonds. The number of amides is 1. The largest absolute Gasteiger partial charge is 0.505 e. The lowest BCUT2D eigenvalue weighted by molar-refractivity contribution is 0.102. The van der Waals surface area contributed by atoms with Crippen LogP contribution in [0.2, 0.25) is 0 Å². The van der Waals surface area contributed by atoms with E-state index in [0.717, 1.165) is 16.3 Å². The Labute approximate surface area is 180 Å². The Bertz CT molecular complexity index is 1180. The Morgan fingerprint density at radius 3 is 2.45 bits per heavy atom. The summed E-state index contributed by atoms with van der Waals surface area (Å²) in [5, 5.41) is 14.4. The van der Waals surface area contributed by atoms with Gasteiger partial charge in [0.15, 0.2) is 5.75 Å². The van der Waals surface area contributed by atoms with Gasteiger partial charge in [0.2, 0.25) is 0 Å². The van der Waals surface area contributed by atoms with Gasteiger partial charge < -0.3 is 26.6 Å². The third-order valence-electron chi connectivity index (χ3n) is 4.56. The quantitative estimate of drug-likeness (QED) is 0.292. The Kier molecular flexibility index (Phi) is 7.03. The van der Waals surface area contributed by atoms with Gasteiger partial charge in [0.05, 0.1) is 17.9 Å². The van der Waals surface area contributed by atoms with Gasteiger partial charge in [-0.2, -0.15) is 0 Å². The molecule has 6 N–H and O–H groups in total. The molecule has 0 radical (unpaired) electrons. The summed E-state index contributed by atoms with van der Waals surface area (Å²) in [6.07, 6.45) is 1.66. The standard InChI is InChI=1S/C17H14N2O2.C7H10N2O/c18-15-13-9-5-4-6-11(13)10-14(16(15)20)17(21)19-12-7-2-1-3-8-12;1-10-5-6-3-2-4-9-7(6)8/h1-10,20H,18H2,(H,19,21);2-4H,5H2,1H3,(H2,8,9). The summed E-state index contributed by atoms with van der Waals surface area (Å²) in [7, 11) is 1.63. The van der Waals surface area contributed by atoms with Gasteiger partial charge in [-0.1, -0.05) is 48.5 Å². The highest BCUT2D eigenvalue weighted by Crippen LogP contribution is 2.33. The van der Waals surface area contributed by atoms with Gasteiger partial charge in [0.25, 0.3) is 5.91 Å². The fourth-order valence-electron chi connectivity index (χ4n) is 2.99. The fourth-order valence-corrected chi connectivity index (χ4v) is 2.99. The number of carbonyl (C=O) groups excluding carboxylic acids is 1. The second-order valence-electron chi connectivity index (χ2n) is 6.71. The van der Waals surface area contributed by atoms with E-state index < -0.39 is 5.91 Å². The number of fused-ring (bicyclic) bond motifs is 1. The van der Waals surface area contributed by atoms with E-state index in [4.69, 9.17) is 16.2 Å². The number of nitrogens with one attached hydrogen (secondary N) is 1. The fraction of sp³-hybridized carbons (Fsp3) is 0.0833. The van der Waals surface area contributed by atoms with Crippen LogP contribution in [-0.4, -0.2) is 23.1 Å². The van der Waals surface area contributed by atoms with Crippen LogP contribution in [0.5, 0.6) is 5.75 Å². The maximum absolute atomic E-state index is 12.3. The monoisotopic (exact) mass is 416 g/mol. The Balaban J connectivity index is 0.000000229. The van der Waals surface area contributed by atoms with Gasteiger partial charge in [-0.25, -0.2) is 4.98 Å². The van der Waals surface area contributed by atoms with Crippen molar-refractivity contribution in [3.8, 4) is 5.75 Å². The summed E-state index contributed by atoms with van der Waals surface area (Å²) in [4.78, 5) is 16.2. The van der Waals surface area contributed by atoms with Crippen LogP contribution < -0.4 is 16.8 Å². The van der Waals surface area contributed by atoms with Crippen LogP contribution in [-0.2, 0) is 11.3 Å². The van der Waals surface area contributed by atoms with Crippen molar-refractivity contribution in [2.75, 3.05) is 23.9 Å². The zero-order valence-electron chi connectivity index (χ0n) is 17.1. The van der Waals surface area contributed by atoms with Crippen molar-refractivity contribution in [1.82, 2.24) is 4.98 Å². The molecular weight excluding hydrogens is 392 g/mol. The van der Waals surface area contributed by atoms with Gasteiger partial charge in [-0.05, 0) is 29.7 Å². The van der Waals surface area contributed by atoms with E-state index in [1.807, 2.05) is 54.6 Å². The van der Waals surface area contributed by atoms with E-state index in [-0.39, 0.29) is 17.0 Å². The minimum Gasteiger partial charge on any atom is -0.505 e. The number of aromatic hydroxyl groups is 1. The summed E-state index contributed by atoms with van der Waals surface area (Å²) in [6.45, 7) is 0.527. The molecule has 0 aliphatic carbocycles. The number of benzene rings is 3. The summed E-state index contributed by atoms with van der Waals surface area (Å²) >= 11 is 0. The van der Waals surface area contributed by atoms with E-state index in [1.165, 1.54) is 0 Å². The second-order valence-corrected chi connectivity index (χ2v) is 6.71. The maximum atomic E-state index is 12.3. The number of aromatic nitrogens is 1. The lowest BCUT2D eigenvalue weighted by atomic mass is 10.0. The number of anilines is 3. The molecule has 0 fully saturated rings. The first-order valence-corrected chi connectivity index (χ1v) is 9.56. The Hall–Kier alpha value is -4.10. The lowest BCUT2D eigenvalue weighted by Crippen LogP contribution is -2.12. The second kappa shape index (κ2) is 10.1. The SMILES string of the molecule is COCc1cccnc1N.Nc1c(O)c(C(=O)Nc2ccccc2)cc2ccccc12. The number of nitrogen functional groups attached to an aromatic ring is 2. The predicted molar refractivity (Wildman–Crippen MR) is 124 cm³/mol. The number of hydrogen-bond acceptors (Lipinski definition) is 6. The molecule has 0 atom stereocenters. The topological polar surface area (TPSA) is 123 Å². The molecule has 7 heteroatoms. The molecule has 3 aromatic carbocycles. The van der Waals surface area contributed by atoms with E-state index in [9.17, 15) is 9.90 Å². The number of pyridine rings is 1. The summed E-state index contributed by atoms with van der Waals surface area (Å²) in [5.41, 5.74) is 13.4. The molecule has 0 aliphatic rings. The van der Waals surface area contributed by atoms with Crippen LogP contribution in [0, 0.1) is 0 Å². The average molecular weight is 416 g/mol. The number of phenols is 1. The molecule has 0 saturated carbocycles. The van der Waals surface area contributed by atoms with E-state index in [1.54, 1.807) is 31.5 Å². The van der Waals surface area contributed by atoms with Gasteiger partial charge in [-0.3, -0.25) is 4.79 Å². The van der Waals surface area contributed by atoms with Gasteiger partial charge in [0, 0.05) is 29.9 Å². The Morgan fingerprint density at radius 2 is 1.74 bits per heavy atom. The zero-order valence-corrected chi connectivity index (χ0v) is 17.1. The minimum atomic E-state index is -0.392. The van der Waals surface area contributed by atoms with Gasteiger partial charge in [0.1, 0.15) is 5.82 Å². The van der Waals surface area contributed by atoms with Crippen LogP contribution in [0.15, 0.2) is 79.0 Å². The normalized spacial score (nSPS) is 10.2. The summed E-state index contributed by atoms with van der Waals surface area (Å²) < 4.78 is 4.89. The lowest BCUT2D eigenvalue weighted by Gasteiger charge is -2.11. The van der Waals surface area contributed by atoms with E-state index in [0.29, 0.717) is 18.1 Å². The van der Waals surface area contributed by atoms with Crippen molar-refractivity contribution in [1.29, 1.82) is 0 Å². The number of para-hydroxylation sites is 1. The molecule has 4 rings (SSSR count). The third kappa shape index (κ3) is 5.29. The number of carbonyl (C=O) groups is 1. The van der Waals surface area contributed by atoms with Crippen LogP contribution in [0.4, 0.5) is 17.2 Å². The minimum absolute atomic E-state index is 0.162. The average Bonchev–Trinajstić information content (AvgIpc) is 2.79. The third-order valence-corrected chi connectivity index (χ3v) is 4.56. The van der Waals surface area contributed by atoms with Crippen molar-refractivity contribution in [2.45, 2.75) is 6.61 Å². The number of nitrogens with two attached hydrogens (primary N) is 2. The molecule has 0 bridgehead atoms. The number of hydrogen-bond donors (Lipinski definition) is 4. The Morgan fingerprint density at radius 1 is 1.03 bits per heavy atom. The highest BCUT2D eigenvalue weighted by Gasteiger charge is 2.16. The molecule has 0 saturated heterocycles. The van der Waals surface area contributed by atoms with Crippen LogP contribution in [0.25, 0.3) is 10.8 Å². The van der Waals surface area contributed by atoms with Crippen LogP contribution >= 0.6 is 0 Å². The van der Waals surface area contributed by atoms with Crippen molar-refractivity contribution in [3.63, 3.8) is 0 Å². The highest BCUT2D eigenvalue weighted by atomic mass is 16.5. The van der Waals surface area contributed by atoms with Gasteiger partial charge >= 0.3 is 0 Å². The highest BCUT2D eigenvalue weighted by molar-refractivity contribution is 6.11. The summed E-state index contributed by atoms with van der Waals surface area (Å²) in [6, 6.07) is 21.8. The summed E-state index contributed by atoms with van der Waals surface area (Å²) in [5.74, 6) is -0.0392. The molecule has 7 nitrogen and oxygen atoms in total. The maximum Gasteiger partial charge on any atom is 0.259 e. The smallest absolute Gasteiger partial charge is 0.259 e. The number of ether oxygens (including phenoxy) is 1. The molecule has 1 aromatic heterocycles. The van der Waals surface area contributed by atoms with Crippen LogP contribution in [0.3, 0.4) is 0 Å². The first-order valence-electron chi connectivity index (χ1n) is 9.56. The number of rotatable bonds is 4. The van der Waals surface area contributed by atoms with Crippen molar-refractivity contribution < 1.29 is 14.6 Å². The molecule has 1 heterocycles.